The summed E-state index contributed by atoms with van der Waals surface area (Å²) < 4.78 is 5.07. The van der Waals surface area contributed by atoms with Crippen molar-refractivity contribution in [1.29, 1.82) is 0 Å². The Hall–Kier alpha value is -2.06. The van der Waals surface area contributed by atoms with Crippen LogP contribution in [0.1, 0.15) is 0 Å². The van der Waals surface area contributed by atoms with E-state index in [2.05, 4.69) is 0 Å². The van der Waals surface area contributed by atoms with Crippen molar-refractivity contribution in [3.63, 3.8) is 0 Å². The molecule has 2 unspecified atom stereocenters. The third-order valence-corrected chi connectivity index (χ3v) is 3.52. The maximum atomic E-state index is 9.71. The van der Waals surface area contributed by atoms with Crippen LogP contribution in [0.5, 0.6) is 0 Å². The van der Waals surface area contributed by atoms with E-state index in [0.29, 0.717) is 11.4 Å². The van der Waals surface area contributed by atoms with Crippen LogP contribution < -0.4 is 10.6 Å². The van der Waals surface area contributed by atoms with Crippen LogP contribution in [-0.2, 0) is 0 Å². The first-order valence-corrected chi connectivity index (χ1v) is 7.30. The lowest BCUT2D eigenvalue weighted by Gasteiger charge is -2.29. The Labute approximate surface area is 134 Å². The highest BCUT2D eigenvalue weighted by Gasteiger charge is 2.17. The minimum Gasteiger partial charge on any atom is -0.472 e. The molecule has 0 saturated heterocycles. The normalized spacial score (nSPS) is 13.7. The fourth-order valence-electron chi connectivity index (χ4n) is 2.32. The molecule has 7 nitrogen and oxygen atoms in total. The lowest BCUT2D eigenvalue weighted by atomic mass is 10.1. The quantitative estimate of drug-likeness (QED) is 0.435. The summed E-state index contributed by atoms with van der Waals surface area (Å²) in [5.74, 6) is 0. The highest BCUT2D eigenvalue weighted by molar-refractivity contribution is 5.79. The van der Waals surface area contributed by atoms with Gasteiger partial charge >= 0.3 is 0 Å². The van der Waals surface area contributed by atoms with Crippen LogP contribution in [0.25, 0.3) is 11.1 Å². The number of furan rings is 1. The number of aliphatic hydroxyl groups is 4. The monoisotopic (exact) mass is 322 g/mol. The van der Waals surface area contributed by atoms with Crippen LogP contribution >= 0.6 is 0 Å². The summed E-state index contributed by atoms with van der Waals surface area (Å²) in [7, 11) is 0. The Bertz CT molecular complexity index is 591. The fraction of sp³-hybridized carbons (Fsp3) is 0.375. The molecule has 23 heavy (non-hydrogen) atoms. The third-order valence-electron chi connectivity index (χ3n) is 3.52. The van der Waals surface area contributed by atoms with Gasteiger partial charge in [-0.05, 0) is 24.3 Å². The zero-order valence-electron chi connectivity index (χ0n) is 12.7. The van der Waals surface area contributed by atoms with Crippen LogP contribution in [0.4, 0.5) is 11.4 Å². The van der Waals surface area contributed by atoms with Crippen molar-refractivity contribution in [3.05, 3.63) is 36.8 Å². The van der Waals surface area contributed by atoms with E-state index in [0.717, 1.165) is 11.1 Å². The van der Waals surface area contributed by atoms with E-state index >= 15 is 0 Å². The summed E-state index contributed by atoms with van der Waals surface area (Å²) in [5, 5.41) is 37.5. The predicted octanol–water partition coefficient (Wildman–Crippen LogP) is 0.0416. The number of hydrogen-bond acceptors (Lipinski definition) is 7. The molecule has 0 aliphatic carbocycles. The smallest absolute Gasteiger partial charge is 0.0981 e. The summed E-state index contributed by atoms with van der Waals surface area (Å²) >= 11 is 0. The van der Waals surface area contributed by atoms with Crippen LogP contribution in [0.2, 0.25) is 0 Å². The minimum absolute atomic E-state index is 0.113. The van der Waals surface area contributed by atoms with Crippen molar-refractivity contribution in [3.8, 4) is 11.1 Å². The SMILES string of the molecule is Nc1ccc(N(CC(O)CO)CC(O)CO)cc1-c1ccoc1. The summed E-state index contributed by atoms with van der Waals surface area (Å²) in [5.41, 5.74) is 8.85. The predicted molar refractivity (Wildman–Crippen MR) is 87.0 cm³/mol. The number of hydrogen-bond donors (Lipinski definition) is 5. The molecule has 2 aromatic rings. The summed E-state index contributed by atoms with van der Waals surface area (Å²) in [6.45, 7) is -0.560. The Morgan fingerprint density at radius 1 is 1.04 bits per heavy atom. The van der Waals surface area contributed by atoms with Gasteiger partial charge in [-0.2, -0.15) is 0 Å². The molecule has 2 rings (SSSR count). The molecule has 6 N–H and O–H groups in total. The number of nitrogen functional groups attached to an aromatic ring is 1. The standard InChI is InChI=1S/C16H22N2O5/c17-16-2-1-12(5-15(16)11-3-4-23-10-11)18(6-13(21)8-19)7-14(22)9-20/h1-5,10,13-14,19-22H,6-9,17H2. The van der Waals surface area contributed by atoms with Crippen LogP contribution in [0, 0.1) is 0 Å². The molecule has 0 fully saturated rings. The molecule has 1 heterocycles. The van der Waals surface area contributed by atoms with E-state index in [1.165, 1.54) is 0 Å². The van der Waals surface area contributed by atoms with Gasteiger partial charge in [0.25, 0.3) is 0 Å². The van der Waals surface area contributed by atoms with E-state index in [-0.39, 0.29) is 13.1 Å². The number of nitrogens with zero attached hydrogens (tertiary/aromatic N) is 1. The highest BCUT2D eigenvalue weighted by Crippen LogP contribution is 2.31. The molecule has 0 spiro atoms. The molecule has 126 valence electrons. The Kier molecular flexibility index (Phi) is 6.00. The first-order valence-electron chi connectivity index (χ1n) is 7.30. The number of benzene rings is 1. The molecular formula is C16H22N2O5. The molecule has 0 amide bonds. The Balaban J connectivity index is 2.32. The topological polar surface area (TPSA) is 123 Å². The van der Waals surface area contributed by atoms with E-state index in [9.17, 15) is 10.2 Å². The van der Waals surface area contributed by atoms with E-state index in [4.69, 9.17) is 20.4 Å². The van der Waals surface area contributed by atoms with Gasteiger partial charge in [0.15, 0.2) is 0 Å². The van der Waals surface area contributed by atoms with Crippen molar-refractivity contribution >= 4 is 11.4 Å². The van der Waals surface area contributed by atoms with Gasteiger partial charge in [-0.25, -0.2) is 0 Å². The first kappa shape index (κ1) is 17.3. The van der Waals surface area contributed by atoms with Gasteiger partial charge in [0.05, 0.1) is 37.9 Å². The van der Waals surface area contributed by atoms with Crippen LogP contribution in [0.3, 0.4) is 0 Å². The largest absolute Gasteiger partial charge is 0.472 e. The average molecular weight is 322 g/mol. The Morgan fingerprint density at radius 3 is 2.22 bits per heavy atom. The molecule has 0 aliphatic rings. The second-order valence-electron chi connectivity index (χ2n) is 5.36. The van der Waals surface area contributed by atoms with Gasteiger partial charge in [0, 0.05) is 35.6 Å². The number of nitrogens with two attached hydrogens (primary N) is 1. The second kappa shape index (κ2) is 7.98. The number of aliphatic hydroxyl groups excluding tert-OH is 4. The molecule has 0 bridgehead atoms. The van der Waals surface area contributed by atoms with Gasteiger partial charge in [-0.1, -0.05) is 0 Å². The molecule has 0 aliphatic heterocycles. The zero-order valence-corrected chi connectivity index (χ0v) is 12.7. The highest BCUT2D eigenvalue weighted by atomic mass is 16.3. The van der Waals surface area contributed by atoms with E-state index in [1.807, 2.05) is 6.07 Å². The molecule has 0 saturated carbocycles. The van der Waals surface area contributed by atoms with Crippen molar-refractivity contribution in [2.24, 2.45) is 0 Å². The van der Waals surface area contributed by atoms with Gasteiger partial charge < -0.3 is 35.5 Å². The summed E-state index contributed by atoms with van der Waals surface area (Å²) in [6.07, 6.45) is 1.20. The zero-order chi connectivity index (χ0) is 16.8. The van der Waals surface area contributed by atoms with E-state index in [1.54, 1.807) is 35.6 Å². The van der Waals surface area contributed by atoms with E-state index < -0.39 is 25.4 Å². The molecule has 2 atom stereocenters. The minimum atomic E-state index is -0.962. The maximum absolute atomic E-state index is 9.71. The van der Waals surface area contributed by atoms with Crippen molar-refractivity contribution in [1.82, 2.24) is 0 Å². The Morgan fingerprint density at radius 2 is 1.70 bits per heavy atom. The maximum Gasteiger partial charge on any atom is 0.0981 e. The summed E-state index contributed by atoms with van der Waals surface area (Å²) in [4.78, 5) is 1.69. The summed E-state index contributed by atoms with van der Waals surface area (Å²) in [6, 6.07) is 7.08. The van der Waals surface area contributed by atoms with Crippen LogP contribution in [-0.4, -0.2) is 58.9 Å². The lowest BCUT2D eigenvalue weighted by molar-refractivity contribution is 0.0839. The molecule has 7 heteroatoms. The second-order valence-corrected chi connectivity index (χ2v) is 5.36. The fourth-order valence-corrected chi connectivity index (χ4v) is 2.32. The van der Waals surface area contributed by atoms with Crippen molar-refractivity contribution in [2.75, 3.05) is 36.9 Å². The third kappa shape index (κ3) is 4.46. The first-order chi connectivity index (χ1) is 11.0. The number of rotatable bonds is 8. The van der Waals surface area contributed by atoms with Crippen molar-refractivity contribution < 1.29 is 24.8 Å². The van der Waals surface area contributed by atoms with Gasteiger partial charge in [-0.15, -0.1) is 0 Å². The molecular weight excluding hydrogens is 300 g/mol. The van der Waals surface area contributed by atoms with Gasteiger partial charge in [-0.3, -0.25) is 0 Å². The molecule has 1 aromatic heterocycles. The lowest BCUT2D eigenvalue weighted by Crippen LogP contribution is -2.40. The molecule has 0 radical (unpaired) electrons. The number of anilines is 2. The average Bonchev–Trinajstić information content (AvgIpc) is 3.08. The van der Waals surface area contributed by atoms with Gasteiger partial charge in [0.1, 0.15) is 0 Å². The molecule has 1 aromatic carbocycles. The van der Waals surface area contributed by atoms with Crippen LogP contribution in [0.15, 0.2) is 41.2 Å². The van der Waals surface area contributed by atoms with Crippen molar-refractivity contribution in [2.45, 2.75) is 12.2 Å². The van der Waals surface area contributed by atoms with Gasteiger partial charge in [0.2, 0.25) is 0 Å².